The average molecular weight is 407 g/mol. The van der Waals surface area contributed by atoms with Gasteiger partial charge in [0.15, 0.2) is 0 Å². The van der Waals surface area contributed by atoms with E-state index in [4.69, 9.17) is 0 Å². The van der Waals surface area contributed by atoms with Crippen LogP contribution in [0.4, 0.5) is 5.69 Å². The van der Waals surface area contributed by atoms with Crippen LogP contribution in [0.3, 0.4) is 0 Å². The smallest absolute Gasteiger partial charge is 0.258 e. The third-order valence-corrected chi connectivity index (χ3v) is 4.52. The topological polar surface area (TPSA) is 86.5 Å². The molecule has 8 heteroatoms. The predicted octanol–water partition coefficient (Wildman–Crippen LogP) is 3.34. The van der Waals surface area contributed by atoms with E-state index in [1.165, 1.54) is 23.0 Å². The lowest BCUT2D eigenvalue weighted by atomic mass is 10.3. The molecule has 0 saturated heterocycles. The van der Waals surface area contributed by atoms with Crippen LogP contribution in [0.25, 0.3) is 0 Å². The predicted molar refractivity (Wildman–Crippen MR) is 81.8 cm³/mol. The molecule has 0 amide bonds. The number of non-ortho nitro benzene ring substituents is 1. The van der Waals surface area contributed by atoms with Crippen LogP contribution in [0, 0.1) is 10.1 Å². The molecular weight excluding hydrogens is 397 g/mol. The molecule has 0 atom stereocenters. The third-order valence-electron chi connectivity index (χ3n) is 2.09. The summed E-state index contributed by atoms with van der Waals surface area (Å²) in [5, 5.41) is 10.3. The molecule has 0 spiro atoms. The molecule has 0 fully saturated rings. The number of benzene rings is 2. The molecular formula is C12H10INO5S. The maximum atomic E-state index is 11.1. The van der Waals surface area contributed by atoms with Gasteiger partial charge in [0.2, 0.25) is 0 Å². The minimum atomic E-state index is -3.78. The van der Waals surface area contributed by atoms with E-state index in [0.29, 0.717) is 0 Å². The molecule has 0 aliphatic rings. The molecule has 0 saturated carbocycles. The van der Waals surface area contributed by atoms with Gasteiger partial charge in [-0.2, -0.15) is 10.9 Å². The van der Waals surface area contributed by atoms with E-state index < -0.39 is 15.0 Å². The van der Waals surface area contributed by atoms with E-state index >= 15 is 0 Å². The highest BCUT2D eigenvalue weighted by Gasteiger charge is 2.15. The van der Waals surface area contributed by atoms with Gasteiger partial charge >= 0.3 is 10.1 Å². The molecule has 0 unspecified atom stereocenters. The van der Waals surface area contributed by atoms with Crippen molar-refractivity contribution in [1.29, 1.82) is 0 Å². The summed E-state index contributed by atoms with van der Waals surface area (Å²) in [6, 6.07) is 16.4. The molecule has 6 nitrogen and oxygen atoms in total. The molecule has 0 bridgehead atoms. The number of nitro groups is 1. The summed E-state index contributed by atoms with van der Waals surface area (Å²) in [5.74, 6) is 0. The van der Waals surface area contributed by atoms with Crippen LogP contribution in [0.2, 0.25) is 0 Å². The molecule has 0 radical (unpaired) electrons. The fourth-order valence-electron chi connectivity index (χ4n) is 1.16. The molecule has 0 aliphatic carbocycles. The van der Waals surface area contributed by atoms with Crippen molar-refractivity contribution in [2.45, 2.75) is 4.90 Å². The van der Waals surface area contributed by atoms with Crippen LogP contribution < -0.4 is 0 Å². The molecule has 0 aliphatic heterocycles. The van der Waals surface area contributed by atoms with Crippen molar-refractivity contribution in [2.75, 3.05) is 0 Å². The molecule has 0 heterocycles. The Morgan fingerprint density at radius 3 is 1.65 bits per heavy atom. The zero-order chi connectivity index (χ0) is 15.0. The fourth-order valence-corrected chi connectivity index (χ4v) is 2.32. The first-order valence-electron chi connectivity index (χ1n) is 5.27. The average Bonchev–Trinajstić information content (AvgIpc) is 2.49. The molecule has 2 aromatic rings. The Hall–Kier alpha value is -1.52. The zero-order valence-corrected chi connectivity index (χ0v) is 13.0. The number of nitrogens with zero attached hydrogens (tertiary/aromatic N) is 1. The van der Waals surface area contributed by atoms with Crippen LogP contribution in [0.15, 0.2) is 65.6 Å². The molecule has 0 N–H and O–H groups in total. The summed E-state index contributed by atoms with van der Waals surface area (Å²) in [6.07, 6.45) is 0. The van der Waals surface area contributed by atoms with Crippen molar-refractivity contribution in [3.8, 4) is 0 Å². The Labute approximate surface area is 130 Å². The lowest BCUT2D eigenvalue weighted by Crippen LogP contribution is -1.99. The number of rotatable bonds is 3. The third kappa shape index (κ3) is 5.23. The van der Waals surface area contributed by atoms with Crippen molar-refractivity contribution in [3.05, 3.63) is 70.8 Å². The molecule has 0 aromatic heterocycles. The van der Waals surface area contributed by atoms with Crippen LogP contribution in [0.5, 0.6) is 0 Å². The lowest BCUT2D eigenvalue weighted by Gasteiger charge is -1.98. The van der Waals surface area contributed by atoms with Gasteiger partial charge in [0, 0.05) is 12.1 Å². The highest BCUT2D eigenvalue weighted by molar-refractivity contribution is 14.1. The Bertz CT molecular complexity index is 617. The summed E-state index contributed by atoms with van der Waals surface area (Å²) in [4.78, 5) is 9.53. The van der Waals surface area contributed by atoms with E-state index in [1.54, 1.807) is 0 Å². The first kappa shape index (κ1) is 16.5. The van der Waals surface area contributed by atoms with Crippen molar-refractivity contribution in [2.24, 2.45) is 0 Å². The van der Waals surface area contributed by atoms with E-state index in [9.17, 15) is 18.5 Å². The monoisotopic (exact) mass is 407 g/mol. The second-order valence-corrected chi connectivity index (χ2v) is 6.01. The second kappa shape index (κ2) is 7.92. The Balaban J connectivity index is 0.000000276. The Kier molecular flexibility index (Phi) is 6.55. The first-order chi connectivity index (χ1) is 9.47. The van der Waals surface area contributed by atoms with Gasteiger partial charge in [-0.1, -0.05) is 36.4 Å². The normalized spacial score (nSPS) is 10.2. The van der Waals surface area contributed by atoms with Gasteiger partial charge in [-0.3, -0.25) is 10.1 Å². The number of hydrogen-bond donors (Lipinski definition) is 0. The van der Waals surface area contributed by atoms with Crippen LogP contribution in [-0.4, -0.2) is 13.3 Å². The molecule has 2 aromatic carbocycles. The number of hydrogen-bond acceptors (Lipinski definition) is 5. The maximum Gasteiger partial charge on any atom is 0.306 e. The Morgan fingerprint density at radius 2 is 1.35 bits per heavy atom. The number of nitro benzene ring substituents is 1. The summed E-state index contributed by atoms with van der Waals surface area (Å²) in [5.41, 5.74) is -0.169. The minimum absolute atomic E-state index is 0.113. The standard InChI is InChI=1S/C6H4INO5S.C6H6/c7-13-14(11,12)6-3-1-5(2-4-6)8(9)10;1-2-4-6-5-3-1/h1-4H;1-6H. The van der Waals surface area contributed by atoms with Gasteiger partial charge < -0.3 is 0 Å². The first-order valence-corrected chi connectivity index (χ1v) is 7.56. The van der Waals surface area contributed by atoms with Gasteiger partial charge in [-0.15, -0.1) is 0 Å². The van der Waals surface area contributed by atoms with E-state index in [2.05, 4.69) is 2.51 Å². The zero-order valence-electron chi connectivity index (χ0n) is 10.0. The molecule has 20 heavy (non-hydrogen) atoms. The Morgan fingerprint density at radius 1 is 0.950 bits per heavy atom. The van der Waals surface area contributed by atoms with E-state index in [0.717, 1.165) is 24.3 Å². The summed E-state index contributed by atoms with van der Waals surface area (Å²) >= 11 is 1.23. The molecule has 106 valence electrons. The quantitative estimate of drug-likeness (QED) is 0.443. The van der Waals surface area contributed by atoms with Gasteiger partial charge in [0.25, 0.3) is 5.69 Å². The second-order valence-electron chi connectivity index (χ2n) is 3.42. The summed E-state index contributed by atoms with van der Waals surface area (Å²) in [6.45, 7) is 0. The highest BCUT2D eigenvalue weighted by atomic mass is 127. The summed E-state index contributed by atoms with van der Waals surface area (Å²) < 4.78 is 26.4. The van der Waals surface area contributed by atoms with Crippen molar-refractivity contribution in [3.63, 3.8) is 0 Å². The van der Waals surface area contributed by atoms with Gasteiger partial charge in [-0.05, 0) is 12.1 Å². The minimum Gasteiger partial charge on any atom is -0.258 e. The van der Waals surface area contributed by atoms with E-state index in [1.807, 2.05) is 36.4 Å². The van der Waals surface area contributed by atoms with Crippen molar-refractivity contribution >= 4 is 38.8 Å². The number of halogens is 1. The SMILES string of the molecule is O=[N+]([O-])c1ccc(S(=O)(=O)OI)cc1.c1ccccc1. The van der Waals surface area contributed by atoms with Gasteiger partial charge in [0.1, 0.15) is 23.0 Å². The highest BCUT2D eigenvalue weighted by Crippen LogP contribution is 2.18. The largest absolute Gasteiger partial charge is 0.306 e. The molecule has 2 rings (SSSR count). The van der Waals surface area contributed by atoms with Gasteiger partial charge in [0.05, 0.1) is 9.82 Å². The lowest BCUT2D eigenvalue weighted by molar-refractivity contribution is -0.384. The van der Waals surface area contributed by atoms with Crippen molar-refractivity contribution < 1.29 is 15.9 Å². The van der Waals surface area contributed by atoms with E-state index in [-0.39, 0.29) is 10.6 Å². The fraction of sp³-hybridized carbons (Fsp3) is 0. The summed E-state index contributed by atoms with van der Waals surface area (Å²) in [7, 11) is -3.78. The van der Waals surface area contributed by atoms with Crippen LogP contribution in [-0.2, 0) is 12.6 Å². The maximum absolute atomic E-state index is 11.1. The van der Waals surface area contributed by atoms with Crippen LogP contribution in [0.1, 0.15) is 0 Å². The van der Waals surface area contributed by atoms with Gasteiger partial charge in [-0.25, -0.2) is 0 Å². The van der Waals surface area contributed by atoms with Crippen molar-refractivity contribution in [1.82, 2.24) is 0 Å². The van der Waals surface area contributed by atoms with Crippen LogP contribution >= 0.6 is 23.0 Å².